The zero-order valence-corrected chi connectivity index (χ0v) is 7.40. The molecule has 0 amide bonds. The first-order chi connectivity index (χ1) is 7.08. The molecule has 0 radical (unpaired) electrons. The lowest BCUT2D eigenvalue weighted by Crippen LogP contribution is -2.34. The monoisotopic (exact) mass is 212 g/mol. The second kappa shape index (κ2) is 4.60. The average molecular weight is 212 g/mol. The average Bonchev–Trinajstić information content (AvgIpc) is 2.54. The van der Waals surface area contributed by atoms with Crippen molar-refractivity contribution >= 4 is 5.95 Å². The van der Waals surface area contributed by atoms with Crippen molar-refractivity contribution in [2.24, 2.45) is 0 Å². The number of nitrogens with two attached hydrogens (primary N) is 1. The number of hydrogen-bond donors (Lipinski definition) is 5. The van der Waals surface area contributed by atoms with Crippen LogP contribution in [0.25, 0.3) is 0 Å². The largest absolute Gasteiger partial charge is 0.369 e. The van der Waals surface area contributed by atoms with Crippen molar-refractivity contribution in [3.8, 4) is 0 Å². The Balaban J connectivity index is 0.000000162. The summed E-state index contributed by atoms with van der Waals surface area (Å²) < 4.78 is 0. The van der Waals surface area contributed by atoms with E-state index in [1.54, 1.807) is 27.3 Å². The maximum Gasteiger partial charge on any atom is 0.330 e. The van der Waals surface area contributed by atoms with Crippen molar-refractivity contribution in [1.82, 2.24) is 24.9 Å². The highest BCUT2D eigenvalue weighted by Crippen LogP contribution is 1.81. The highest BCUT2D eigenvalue weighted by molar-refractivity contribution is 5.11. The molecule has 0 spiro atoms. The quantitative estimate of drug-likeness (QED) is 0.333. The molecular formula is C6H8N6O3. The van der Waals surface area contributed by atoms with Gasteiger partial charge in [0.25, 0.3) is 0 Å². The molecule has 0 unspecified atom stereocenters. The number of nitrogen functional groups attached to an aromatic ring is 1. The van der Waals surface area contributed by atoms with E-state index in [4.69, 9.17) is 5.73 Å². The number of rotatable bonds is 0. The number of imidazole rings is 1. The van der Waals surface area contributed by atoms with Crippen LogP contribution in [0, 0.1) is 0 Å². The molecule has 2 aromatic rings. The standard InChI is InChI=1S/C3H3N3O3.C3H5N3/c7-1-4-2(8)6-3(9)5-1;4-3-5-1-2-6-3/h(H3,4,5,6,7,8,9);1-2H,(H3,4,5,6). The number of anilines is 1. The van der Waals surface area contributed by atoms with Gasteiger partial charge in [0.1, 0.15) is 0 Å². The number of hydrogen-bond acceptors (Lipinski definition) is 5. The zero-order chi connectivity index (χ0) is 11.3. The van der Waals surface area contributed by atoms with Crippen LogP contribution in [0.2, 0.25) is 0 Å². The Labute approximate surface area is 81.4 Å². The maximum atomic E-state index is 10.2. The van der Waals surface area contributed by atoms with E-state index in [1.165, 1.54) is 0 Å². The van der Waals surface area contributed by atoms with E-state index < -0.39 is 17.1 Å². The highest BCUT2D eigenvalue weighted by Gasteiger charge is 1.85. The summed E-state index contributed by atoms with van der Waals surface area (Å²) in [6, 6.07) is 0. The van der Waals surface area contributed by atoms with Gasteiger partial charge in [-0.3, -0.25) is 15.0 Å². The normalized spacial score (nSPS) is 9.07. The molecule has 9 nitrogen and oxygen atoms in total. The van der Waals surface area contributed by atoms with Gasteiger partial charge in [0.05, 0.1) is 0 Å². The molecule has 0 atom stereocenters. The predicted octanol–water partition coefficient (Wildman–Crippen LogP) is -2.26. The fourth-order valence-corrected chi connectivity index (χ4v) is 0.681. The lowest BCUT2D eigenvalue weighted by atomic mass is 11.0. The first-order valence-electron chi connectivity index (χ1n) is 3.75. The van der Waals surface area contributed by atoms with Crippen molar-refractivity contribution in [1.29, 1.82) is 0 Å². The van der Waals surface area contributed by atoms with Gasteiger partial charge in [0.2, 0.25) is 0 Å². The summed E-state index contributed by atoms with van der Waals surface area (Å²) in [5, 5.41) is 0. The van der Waals surface area contributed by atoms with E-state index in [1.807, 2.05) is 0 Å². The van der Waals surface area contributed by atoms with Crippen LogP contribution in [0.15, 0.2) is 26.8 Å². The van der Waals surface area contributed by atoms with Crippen molar-refractivity contribution in [2.75, 3.05) is 5.73 Å². The molecule has 2 rings (SSSR count). The summed E-state index contributed by atoms with van der Waals surface area (Å²) >= 11 is 0. The third kappa shape index (κ3) is 3.76. The van der Waals surface area contributed by atoms with E-state index in [-0.39, 0.29) is 0 Å². The summed E-state index contributed by atoms with van der Waals surface area (Å²) in [5.41, 5.74) is 2.70. The molecule has 0 saturated heterocycles. The van der Waals surface area contributed by atoms with Gasteiger partial charge in [-0.15, -0.1) is 0 Å². The van der Waals surface area contributed by atoms with Crippen LogP contribution in [0.5, 0.6) is 0 Å². The summed E-state index contributed by atoms with van der Waals surface area (Å²) in [4.78, 5) is 42.2. The second-order valence-electron chi connectivity index (χ2n) is 2.34. The van der Waals surface area contributed by atoms with E-state index in [0.29, 0.717) is 5.95 Å². The van der Waals surface area contributed by atoms with Crippen LogP contribution in [0.3, 0.4) is 0 Å². The summed E-state index contributed by atoms with van der Waals surface area (Å²) in [6.45, 7) is 0. The molecule has 9 heteroatoms. The molecule has 80 valence electrons. The minimum absolute atomic E-state index is 0.468. The van der Waals surface area contributed by atoms with Crippen LogP contribution >= 0.6 is 0 Å². The molecule has 0 aliphatic heterocycles. The number of nitrogens with one attached hydrogen (secondary N) is 4. The van der Waals surface area contributed by atoms with Crippen LogP contribution in [0.1, 0.15) is 0 Å². The van der Waals surface area contributed by atoms with Crippen LogP contribution in [-0.4, -0.2) is 24.9 Å². The Morgan fingerprint density at radius 3 is 1.67 bits per heavy atom. The first kappa shape index (κ1) is 10.5. The smallest absolute Gasteiger partial charge is 0.330 e. The molecule has 2 aromatic heterocycles. The van der Waals surface area contributed by atoms with E-state index in [9.17, 15) is 14.4 Å². The Bertz CT molecular complexity index is 483. The van der Waals surface area contributed by atoms with Crippen molar-refractivity contribution in [3.05, 3.63) is 43.8 Å². The van der Waals surface area contributed by atoms with Gasteiger partial charge in [0.15, 0.2) is 5.95 Å². The zero-order valence-electron chi connectivity index (χ0n) is 7.40. The van der Waals surface area contributed by atoms with Gasteiger partial charge in [-0.1, -0.05) is 0 Å². The molecule has 0 aromatic carbocycles. The van der Waals surface area contributed by atoms with E-state index in [2.05, 4.69) is 9.97 Å². The van der Waals surface area contributed by atoms with Gasteiger partial charge in [0, 0.05) is 12.4 Å². The lowest BCUT2D eigenvalue weighted by Gasteiger charge is -1.77. The Morgan fingerprint density at radius 2 is 1.47 bits per heavy atom. The molecule has 0 saturated carbocycles. The van der Waals surface area contributed by atoms with E-state index >= 15 is 0 Å². The number of nitrogens with zero attached hydrogens (tertiary/aromatic N) is 1. The van der Waals surface area contributed by atoms with Gasteiger partial charge in [-0.05, 0) is 0 Å². The SMILES string of the molecule is Nc1ncc[nH]1.O=c1[nH]c(=O)[nH]c(=O)[nH]1. The summed E-state index contributed by atoms with van der Waals surface area (Å²) in [6.07, 6.45) is 3.28. The molecule has 15 heavy (non-hydrogen) atoms. The minimum atomic E-state index is -0.802. The van der Waals surface area contributed by atoms with Gasteiger partial charge >= 0.3 is 17.1 Å². The topological polar surface area (TPSA) is 153 Å². The molecule has 0 aliphatic carbocycles. The van der Waals surface area contributed by atoms with Crippen molar-refractivity contribution < 1.29 is 0 Å². The Morgan fingerprint density at radius 1 is 1.00 bits per heavy atom. The van der Waals surface area contributed by atoms with E-state index in [0.717, 1.165) is 0 Å². The van der Waals surface area contributed by atoms with Gasteiger partial charge in [-0.2, -0.15) is 0 Å². The van der Waals surface area contributed by atoms with Crippen molar-refractivity contribution in [2.45, 2.75) is 0 Å². The fraction of sp³-hybridized carbons (Fsp3) is 0. The Hall–Kier alpha value is -2.58. The van der Waals surface area contributed by atoms with Crippen LogP contribution in [-0.2, 0) is 0 Å². The minimum Gasteiger partial charge on any atom is -0.369 e. The highest BCUT2D eigenvalue weighted by atomic mass is 16.2. The molecule has 6 N–H and O–H groups in total. The molecule has 0 fully saturated rings. The lowest BCUT2D eigenvalue weighted by molar-refractivity contribution is 0.888. The predicted molar refractivity (Wildman–Crippen MR) is 51.3 cm³/mol. The van der Waals surface area contributed by atoms with Gasteiger partial charge in [-0.25, -0.2) is 19.4 Å². The molecular weight excluding hydrogens is 204 g/mol. The number of H-pyrrole nitrogens is 4. The number of aromatic amines is 4. The first-order valence-corrected chi connectivity index (χ1v) is 3.75. The third-order valence-electron chi connectivity index (χ3n) is 1.20. The second-order valence-corrected chi connectivity index (χ2v) is 2.34. The molecule has 0 aliphatic rings. The van der Waals surface area contributed by atoms with Crippen LogP contribution < -0.4 is 22.8 Å². The van der Waals surface area contributed by atoms with Crippen LogP contribution in [0.4, 0.5) is 5.95 Å². The molecule has 0 bridgehead atoms. The summed E-state index contributed by atoms with van der Waals surface area (Å²) in [5.74, 6) is 0.468. The maximum absolute atomic E-state index is 10.2. The fourth-order valence-electron chi connectivity index (χ4n) is 0.681. The molecule has 2 heterocycles. The van der Waals surface area contributed by atoms with Crippen molar-refractivity contribution in [3.63, 3.8) is 0 Å². The number of aromatic nitrogens is 5. The Kier molecular flexibility index (Phi) is 3.22. The summed E-state index contributed by atoms with van der Waals surface area (Å²) in [7, 11) is 0. The third-order valence-corrected chi connectivity index (χ3v) is 1.20. The van der Waals surface area contributed by atoms with Gasteiger partial charge < -0.3 is 10.7 Å².